The number of ether oxygens (including phenoxy) is 1. The lowest BCUT2D eigenvalue weighted by atomic mass is 10.0. The van der Waals surface area contributed by atoms with E-state index in [-0.39, 0.29) is 0 Å². The van der Waals surface area contributed by atoms with Gasteiger partial charge in [0.15, 0.2) is 0 Å². The minimum absolute atomic E-state index is 0.362. The number of fused-ring (bicyclic) bond motifs is 1. The lowest BCUT2D eigenvalue weighted by Crippen LogP contribution is -2.38. The quantitative estimate of drug-likeness (QED) is 0.834. The Kier molecular flexibility index (Phi) is 4.12. The van der Waals surface area contributed by atoms with Crippen LogP contribution in [0.3, 0.4) is 0 Å². The van der Waals surface area contributed by atoms with Crippen LogP contribution in [-0.2, 0) is 10.0 Å². The van der Waals surface area contributed by atoms with E-state index in [0.717, 1.165) is 22.4 Å². The molecule has 1 unspecified atom stereocenters. The summed E-state index contributed by atoms with van der Waals surface area (Å²) in [4.78, 5) is 1.86. The summed E-state index contributed by atoms with van der Waals surface area (Å²) in [5.41, 5.74) is 2.76. The number of nitrogens with zero attached hydrogens (tertiary/aromatic N) is 2. The van der Waals surface area contributed by atoms with Crippen LogP contribution < -0.4 is 4.74 Å². The van der Waals surface area contributed by atoms with Crippen molar-refractivity contribution in [2.75, 3.05) is 13.7 Å². The van der Waals surface area contributed by atoms with Crippen LogP contribution in [0.25, 0.3) is 11.1 Å². The number of rotatable bonds is 3. The average molecular weight is 366 g/mol. The Morgan fingerprint density at radius 2 is 1.88 bits per heavy atom. The Bertz CT molecular complexity index is 1020. The summed E-state index contributed by atoms with van der Waals surface area (Å²) >= 11 is 0. The van der Waals surface area contributed by atoms with Gasteiger partial charge in [0.25, 0.3) is 10.0 Å². The molecule has 132 valence electrons. The Balaban J connectivity index is 1.65. The van der Waals surface area contributed by atoms with Crippen molar-refractivity contribution in [2.45, 2.75) is 5.25 Å². The van der Waals surface area contributed by atoms with Crippen LogP contribution in [0.5, 0.6) is 5.75 Å². The van der Waals surface area contributed by atoms with E-state index in [1.165, 1.54) is 0 Å². The molecular formula is C20H18N2O3S. The van der Waals surface area contributed by atoms with Crippen molar-refractivity contribution in [1.29, 1.82) is 0 Å². The summed E-state index contributed by atoms with van der Waals surface area (Å²) in [6.45, 7) is 0.362. The van der Waals surface area contributed by atoms with E-state index < -0.39 is 15.3 Å². The molecule has 2 aliphatic rings. The Morgan fingerprint density at radius 1 is 1.08 bits per heavy atom. The Hall–Kier alpha value is -2.86. The molecule has 0 radical (unpaired) electrons. The van der Waals surface area contributed by atoms with E-state index in [4.69, 9.17) is 4.74 Å². The number of methoxy groups -OCH3 is 1. The van der Waals surface area contributed by atoms with Gasteiger partial charge >= 0.3 is 0 Å². The highest BCUT2D eigenvalue weighted by molar-refractivity contribution is 7.90. The smallest absolute Gasteiger partial charge is 0.263 e. The van der Waals surface area contributed by atoms with Gasteiger partial charge in [-0.05, 0) is 41.0 Å². The maximum Gasteiger partial charge on any atom is 0.263 e. The summed E-state index contributed by atoms with van der Waals surface area (Å²) in [6, 6.07) is 15.4. The van der Waals surface area contributed by atoms with Crippen LogP contribution in [0.2, 0.25) is 0 Å². The molecule has 0 amide bonds. The molecule has 0 N–H and O–H groups in total. The molecule has 2 aromatic rings. The Morgan fingerprint density at radius 3 is 2.65 bits per heavy atom. The van der Waals surface area contributed by atoms with Gasteiger partial charge in [0.2, 0.25) is 0 Å². The fourth-order valence-electron chi connectivity index (χ4n) is 3.14. The molecule has 0 saturated carbocycles. The fraction of sp³-hybridized carbons (Fsp3) is 0.150. The number of sulfonamides is 1. The van der Waals surface area contributed by atoms with Crippen molar-refractivity contribution < 1.29 is 13.2 Å². The summed E-state index contributed by atoms with van der Waals surface area (Å²) in [5.74, 6) is 1.25. The lowest BCUT2D eigenvalue weighted by molar-refractivity contribution is 0.415. The van der Waals surface area contributed by atoms with Crippen LogP contribution in [-0.4, -0.2) is 32.8 Å². The van der Waals surface area contributed by atoms with E-state index in [1.54, 1.807) is 19.3 Å². The normalized spacial score (nSPS) is 20.4. The second kappa shape index (κ2) is 6.46. The first-order valence-electron chi connectivity index (χ1n) is 8.26. The van der Waals surface area contributed by atoms with Gasteiger partial charge in [0.1, 0.15) is 16.8 Å². The lowest BCUT2D eigenvalue weighted by Gasteiger charge is -2.31. The Labute approximate surface area is 153 Å². The first-order chi connectivity index (χ1) is 12.6. The molecule has 6 heteroatoms. The number of hydrogen-bond acceptors (Lipinski definition) is 4. The van der Waals surface area contributed by atoms with E-state index in [9.17, 15) is 8.42 Å². The number of allylic oxidation sites excluding steroid dienone is 2. The van der Waals surface area contributed by atoms with E-state index in [2.05, 4.69) is 4.40 Å². The van der Waals surface area contributed by atoms with Gasteiger partial charge in [-0.3, -0.25) is 0 Å². The minimum Gasteiger partial charge on any atom is -0.497 e. The third kappa shape index (κ3) is 3.04. The molecule has 0 fully saturated rings. The molecule has 0 bridgehead atoms. The molecule has 0 aliphatic carbocycles. The monoisotopic (exact) mass is 366 g/mol. The first-order valence-corrected chi connectivity index (χ1v) is 9.77. The molecule has 0 saturated heterocycles. The summed E-state index contributed by atoms with van der Waals surface area (Å²) in [6.07, 6.45) is 7.22. The molecule has 26 heavy (non-hydrogen) atoms. The molecule has 2 aromatic carbocycles. The van der Waals surface area contributed by atoms with Crippen molar-refractivity contribution in [3.05, 3.63) is 78.5 Å². The highest BCUT2D eigenvalue weighted by Gasteiger charge is 2.34. The van der Waals surface area contributed by atoms with Crippen LogP contribution in [0, 0.1) is 0 Å². The van der Waals surface area contributed by atoms with Gasteiger partial charge in [-0.15, -0.1) is 4.40 Å². The maximum atomic E-state index is 12.6. The van der Waals surface area contributed by atoms with Gasteiger partial charge < -0.3 is 9.64 Å². The first kappa shape index (κ1) is 16.6. The zero-order chi connectivity index (χ0) is 18.1. The molecule has 0 aromatic heterocycles. The second-order valence-electron chi connectivity index (χ2n) is 6.16. The molecule has 0 spiro atoms. The van der Waals surface area contributed by atoms with Gasteiger partial charge in [-0.2, -0.15) is 0 Å². The highest BCUT2D eigenvalue weighted by Crippen LogP contribution is 2.32. The third-order valence-electron chi connectivity index (χ3n) is 4.55. The zero-order valence-electron chi connectivity index (χ0n) is 14.2. The average Bonchev–Trinajstić information content (AvgIpc) is 2.67. The molecule has 2 heterocycles. The van der Waals surface area contributed by atoms with Crippen molar-refractivity contribution in [1.82, 2.24) is 4.90 Å². The molecule has 1 atom stereocenters. The predicted octanol–water partition coefficient (Wildman–Crippen LogP) is 3.53. The molecule has 5 nitrogen and oxygen atoms in total. The van der Waals surface area contributed by atoms with E-state index in [1.807, 2.05) is 65.7 Å². The SMILES string of the molecule is COc1cccc(-c2ccc(C3CN4C=CC=CC4=NS3(=O)=O)cc2)c1. The third-order valence-corrected chi connectivity index (χ3v) is 6.13. The van der Waals surface area contributed by atoms with Gasteiger partial charge in [-0.25, -0.2) is 8.42 Å². The topological polar surface area (TPSA) is 59.0 Å². The van der Waals surface area contributed by atoms with Crippen molar-refractivity contribution in [3.63, 3.8) is 0 Å². The van der Waals surface area contributed by atoms with Crippen molar-refractivity contribution >= 4 is 15.9 Å². The van der Waals surface area contributed by atoms with Gasteiger partial charge in [-0.1, -0.05) is 42.5 Å². The molecule has 4 rings (SSSR count). The van der Waals surface area contributed by atoms with Crippen molar-refractivity contribution in [2.24, 2.45) is 4.40 Å². The highest BCUT2D eigenvalue weighted by atomic mass is 32.2. The standard InChI is InChI=1S/C20H18N2O3S/c1-25-18-6-4-5-17(13-18)15-8-10-16(11-9-15)19-14-22-12-3-2-7-20(22)21-26(19,23)24/h2-13,19H,14H2,1H3. The number of benzene rings is 2. The predicted molar refractivity (Wildman–Crippen MR) is 103 cm³/mol. The van der Waals surface area contributed by atoms with Gasteiger partial charge in [0.05, 0.1) is 7.11 Å². The van der Waals surface area contributed by atoms with Crippen LogP contribution >= 0.6 is 0 Å². The maximum absolute atomic E-state index is 12.6. The van der Waals surface area contributed by atoms with Crippen LogP contribution in [0.15, 0.2) is 77.4 Å². The second-order valence-corrected chi connectivity index (χ2v) is 7.94. The molecular weight excluding hydrogens is 348 g/mol. The number of hydrogen-bond donors (Lipinski definition) is 0. The summed E-state index contributed by atoms with van der Waals surface area (Å²) in [7, 11) is -1.96. The van der Waals surface area contributed by atoms with Crippen LogP contribution in [0.1, 0.15) is 10.8 Å². The minimum atomic E-state index is -3.59. The van der Waals surface area contributed by atoms with Crippen LogP contribution in [0.4, 0.5) is 0 Å². The largest absolute Gasteiger partial charge is 0.497 e. The summed E-state index contributed by atoms with van der Waals surface area (Å²) < 4.78 is 34.4. The van der Waals surface area contributed by atoms with Gasteiger partial charge in [0, 0.05) is 12.7 Å². The van der Waals surface area contributed by atoms with E-state index >= 15 is 0 Å². The molecule has 2 aliphatic heterocycles. The number of amidine groups is 1. The summed E-state index contributed by atoms with van der Waals surface area (Å²) in [5, 5.41) is -0.679. The van der Waals surface area contributed by atoms with Crippen molar-refractivity contribution in [3.8, 4) is 16.9 Å². The fourth-order valence-corrected chi connectivity index (χ4v) is 4.55. The van der Waals surface area contributed by atoms with E-state index in [0.29, 0.717) is 12.4 Å². The zero-order valence-corrected chi connectivity index (χ0v) is 15.1.